The van der Waals surface area contributed by atoms with Crippen molar-refractivity contribution in [3.63, 3.8) is 0 Å². The largest absolute Gasteiger partial charge is 0.329 e. The summed E-state index contributed by atoms with van der Waals surface area (Å²) in [5.74, 6) is 0. The lowest BCUT2D eigenvalue weighted by Crippen LogP contribution is -2.45. The number of nitrogens with two attached hydrogens (primary N) is 1. The van der Waals surface area contributed by atoms with E-state index in [4.69, 9.17) is 5.73 Å². The number of nitrogens with zero attached hydrogens (tertiary/aromatic N) is 1. The van der Waals surface area contributed by atoms with Crippen LogP contribution in [0.2, 0.25) is 0 Å². The number of hydrogen-bond donors (Lipinski definition) is 1. The Morgan fingerprint density at radius 1 is 1.33 bits per heavy atom. The van der Waals surface area contributed by atoms with Gasteiger partial charge in [0.25, 0.3) is 0 Å². The third-order valence-electron chi connectivity index (χ3n) is 3.17. The molecule has 1 aromatic heterocycles. The molecule has 104 valence electrons. The number of hydrogen-bond acceptors (Lipinski definition) is 3. The van der Waals surface area contributed by atoms with Crippen LogP contribution in [0.3, 0.4) is 0 Å². The van der Waals surface area contributed by atoms with Crippen molar-refractivity contribution >= 4 is 11.3 Å². The van der Waals surface area contributed by atoms with Gasteiger partial charge in [-0.05, 0) is 37.1 Å². The van der Waals surface area contributed by atoms with Crippen molar-refractivity contribution < 1.29 is 0 Å². The average molecular weight is 268 g/mol. The van der Waals surface area contributed by atoms with Crippen LogP contribution in [0.25, 0.3) is 0 Å². The highest BCUT2D eigenvalue weighted by Gasteiger charge is 2.25. The molecule has 0 amide bonds. The Morgan fingerprint density at radius 3 is 2.39 bits per heavy atom. The zero-order valence-corrected chi connectivity index (χ0v) is 13.3. The lowest BCUT2D eigenvalue weighted by molar-refractivity contribution is 0.113. The molecule has 1 unspecified atom stereocenters. The van der Waals surface area contributed by atoms with Crippen LogP contribution in [-0.2, 0) is 6.54 Å². The van der Waals surface area contributed by atoms with E-state index in [1.54, 1.807) is 0 Å². The van der Waals surface area contributed by atoms with E-state index in [9.17, 15) is 0 Å². The maximum atomic E-state index is 6.01. The van der Waals surface area contributed by atoms with E-state index in [2.05, 4.69) is 57.0 Å². The van der Waals surface area contributed by atoms with Gasteiger partial charge in [-0.15, -0.1) is 11.3 Å². The van der Waals surface area contributed by atoms with Crippen LogP contribution >= 0.6 is 11.3 Å². The summed E-state index contributed by atoms with van der Waals surface area (Å²) in [4.78, 5) is 3.97. The van der Waals surface area contributed by atoms with Crippen LogP contribution in [-0.4, -0.2) is 23.5 Å². The highest BCUT2D eigenvalue weighted by molar-refractivity contribution is 7.09. The van der Waals surface area contributed by atoms with Crippen molar-refractivity contribution in [2.24, 2.45) is 11.1 Å². The van der Waals surface area contributed by atoms with E-state index >= 15 is 0 Å². The van der Waals surface area contributed by atoms with Crippen LogP contribution in [0.5, 0.6) is 0 Å². The van der Waals surface area contributed by atoms with Gasteiger partial charge in [-0.25, -0.2) is 0 Å². The predicted octanol–water partition coefficient (Wildman–Crippen LogP) is 3.72. The van der Waals surface area contributed by atoms with Crippen molar-refractivity contribution in [3.8, 4) is 0 Å². The first-order valence-corrected chi connectivity index (χ1v) is 7.69. The van der Waals surface area contributed by atoms with Gasteiger partial charge in [-0.2, -0.15) is 0 Å². The van der Waals surface area contributed by atoms with Gasteiger partial charge in [0.1, 0.15) is 0 Å². The van der Waals surface area contributed by atoms with Gasteiger partial charge in [0.05, 0.1) is 0 Å². The molecule has 0 aliphatic carbocycles. The predicted molar refractivity (Wildman–Crippen MR) is 81.9 cm³/mol. The summed E-state index contributed by atoms with van der Waals surface area (Å²) >= 11 is 1.83. The average Bonchev–Trinajstić information content (AvgIpc) is 2.74. The quantitative estimate of drug-likeness (QED) is 0.852. The third-order valence-corrected chi connectivity index (χ3v) is 4.03. The van der Waals surface area contributed by atoms with Crippen molar-refractivity contribution in [2.75, 3.05) is 6.54 Å². The van der Waals surface area contributed by atoms with E-state index in [1.807, 2.05) is 11.3 Å². The zero-order chi connectivity index (χ0) is 13.8. The second-order valence-corrected chi connectivity index (χ2v) is 7.53. The van der Waals surface area contributed by atoms with Gasteiger partial charge >= 0.3 is 0 Å². The molecule has 0 fully saturated rings. The molecule has 0 saturated carbocycles. The Balaban J connectivity index is 2.75. The lowest BCUT2D eigenvalue weighted by atomic mass is 9.87. The molecule has 18 heavy (non-hydrogen) atoms. The fraction of sp³-hybridized carbons (Fsp3) is 0.733. The highest BCUT2D eigenvalue weighted by Crippen LogP contribution is 2.26. The van der Waals surface area contributed by atoms with Crippen molar-refractivity contribution in [1.29, 1.82) is 0 Å². The standard InChI is InChI=1S/C15H28N2S/c1-12(2)17(11-14-7-6-8-18-14)13(10-16)9-15(3,4)5/h6-8,12-13H,9-11,16H2,1-5H3. The summed E-state index contributed by atoms with van der Waals surface area (Å²) in [7, 11) is 0. The van der Waals surface area contributed by atoms with Crippen molar-refractivity contribution in [3.05, 3.63) is 22.4 Å². The maximum absolute atomic E-state index is 6.01. The molecular formula is C15H28N2S. The summed E-state index contributed by atoms with van der Waals surface area (Å²) in [6.07, 6.45) is 1.15. The molecule has 0 radical (unpaired) electrons. The maximum Gasteiger partial charge on any atom is 0.0334 e. The van der Waals surface area contributed by atoms with Gasteiger partial charge in [0.15, 0.2) is 0 Å². The van der Waals surface area contributed by atoms with Crippen LogP contribution < -0.4 is 5.73 Å². The van der Waals surface area contributed by atoms with Gasteiger partial charge < -0.3 is 5.73 Å². The molecular weight excluding hydrogens is 240 g/mol. The van der Waals surface area contributed by atoms with Crippen molar-refractivity contribution in [2.45, 2.75) is 59.7 Å². The van der Waals surface area contributed by atoms with E-state index in [0.29, 0.717) is 17.5 Å². The van der Waals surface area contributed by atoms with E-state index < -0.39 is 0 Å². The topological polar surface area (TPSA) is 29.3 Å². The molecule has 1 atom stereocenters. The lowest BCUT2D eigenvalue weighted by Gasteiger charge is -2.37. The molecule has 2 nitrogen and oxygen atoms in total. The van der Waals surface area contributed by atoms with Crippen LogP contribution in [0.1, 0.15) is 45.9 Å². The molecule has 0 bridgehead atoms. The molecule has 0 spiro atoms. The van der Waals surface area contributed by atoms with Gasteiger partial charge in [0, 0.05) is 30.1 Å². The molecule has 0 aromatic carbocycles. The summed E-state index contributed by atoms with van der Waals surface area (Å²) in [6, 6.07) is 5.33. The van der Waals surface area contributed by atoms with Gasteiger partial charge in [-0.1, -0.05) is 26.8 Å². The first kappa shape index (κ1) is 15.7. The molecule has 1 aromatic rings. The molecule has 0 aliphatic rings. The van der Waals surface area contributed by atoms with Crippen molar-refractivity contribution in [1.82, 2.24) is 4.90 Å². The van der Waals surface area contributed by atoms with Crippen LogP contribution in [0, 0.1) is 5.41 Å². The number of thiophene rings is 1. The zero-order valence-electron chi connectivity index (χ0n) is 12.4. The minimum Gasteiger partial charge on any atom is -0.329 e. The smallest absolute Gasteiger partial charge is 0.0334 e. The Labute approximate surface area is 116 Å². The number of rotatable bonds is 6. The summed E-state index contributed by atoms with van der Waals surface area (Å²) in [5.41, 5.74) is 6.34. The Hall–Kier alpha value is -0.380. The monoisotopic (exact) mass is 268 g/mol. The minimum absolute atomic E-state index is 0.326. The SMILES string of the molecule is CC(C)N(Cc1cccs1)C(CN)CC(C)(C)C. The summed E-state index contributed by atoms with van der Waals surface area (Å²) < 4.78 is 0. The summed E-state index contributed by atoms with van der Waals surface area (Å²) in [5, 5.41) is 2.15. The molecule has 3 heteroatoms. The van der Waals surface area contributed by atoms with Crippen LogP contribution in [0.4, 0.5) is 0 Å². The minimum atomic E-state index is 0.326. The molecule has 0 aliphatic heterocycles. The second kappa shape index (κ2) is 6.69. The van der Waals surface area contributed by atoms with Gasteiger partial charge in [-0.3, -0.25) is 4.90 Å². The first-order valence-electron chi connectivity index (χ1n) is 6.81. The highest BCUT2D eigenvalue weighted by atomic mass is 32.1. The van der Waals surface area contributed by atoms with E-state index in [-0.39, 0.29) is 0 Å². The Morgan fingerprint density at radius 2 is 2.00 bits per heavy atom. The third kappa shape index (κ3) is 5.09. The fourth-order valence-electron chi connectivity index (χ4n) is 2.36. The molecule has 1 heterocycles. The van der Waals surface area contributed by atoms with Gasteiger partial charge in [0.2, 0.25) is 0 Å². The fourth-order valence-corrected chi connectivity index (χ4v) is 3.07. The van der Waals surface area contributed by atoms with Crippen LogP contribution in [0.15, 0.2) is 17.5 Å². The normalized spacial score (nSPS) is 14.4. The van der Waals surface area contributed by atoms with E-state index in [1.165, 1.54) is 4.88 Å². The summed E-state index contributed by atoms with van der Waals surface area (Å²) in [6.45, 7) is 13.2. The molecule has 2 N–H and O–H groups in total. The Bertz CT molecular complexity index is 325. The second-order valence-electron chi connectivity index (χ2n) is 6.50. The Kier molecular flexibility index (Phi) is 5.83. The first-order chi connectivity index (χ1) is 8.33. The molecule has 1 rings (SSSR count). The molecule has 0 saturated heterocycles. The van der Waals surface area contributed by atoms with E-state index in [0.717, 1.165) is 19.5 Å².